The van der Waals surface area contributed by atoms with E-state index in [0.717, 1.165) is 38.0 Å². The Morgan fingerprint density at radius 1 is 1.50 bits per heavy atom. The Morgan fingerprint density at radius 2 is 2.30 bits per heavy atom. The second kappa shape index (κ2) is 6.75. The number of benzene rings is 1. The van der Waals surface area contributed by atoms with E-state index in [1.165, 1.54) is 0 Å². The van der Waals surface area contributed by atoms with Gasteiger partial charge in [0.25, 0.3) is 5.91 Å². The van der Waals surface area contributed by atoms with Gasteiger partial charge >= 0.3 is 0 Å². The molecule has 1 amide bonds. The predicted molar refractivity (Wildman–Crippen MR) is 80.3 cm³/mol. The van der Waals surface area contributed by atoms with Crippen LogP contribution in [0.1, 0.15) is 35.7 Å². The molecule has 1 aromatic carbocycles. The molecule has 0 aliphatic carbocycles. The summed E-state index contributed by atoms with van der Waals surface area (Å²) in [7, 11) is 1.61. The largest absolute Gasteiger partial charge is 0.496 e. The number of methoxy groups -OCH3 is 1. The van der Waals surface area contributed by atoms with Crippen molar-refractivity contribution < 1.29 is 9.53 Å². The van der Waals surface area contributed by atoms with Crippen LogP contribution in [0, 0.1) is 6.92 Å². The van der Waals surface area contributed by atoms with Crippen molar-refractivity contribution in [2.24, 2.45) is 0 Å². The highest BCUT2D eigenvalue weighted by Gasteiger charge is 2.26. The van der Waals surface area contributed by atoms with E-state index < -0.39 is 0 Å². The van der Waals surface area contributed by atoms with E-state index in [1.54, 1.807) is 7.11 Å². The Morgan fingerprint density at radius 3 is 2.90 bits per heavy atom. The molecule has 1 aliphatic heterocycles. The molecule has 0 radical (unpaired) electrons. The number of hydrogen-bond acceptors (Lipinski definition) is 3. The van der Waals surface area contributed by atoms with Gasteiger partial charge in [-0.2, -0.15) is 0 Å². The van der Waals surface area contributed by atoms with E-state index in [1.807, 2.05) is 36.9 Å². The molecule has 1 aromatic rings. The maximum absolute atomic E-state index is 12.8. The summed E-state index contributed by atoms with van der Waals surface area (Å²) in [6.45, 7) is 6.69. The van der Waals surface area contributed by atoms with Crippen molar-refractivity contribution in [3.63, 3.8) is 0 Å². The number of amides is 1. The Bertz CT molecular complexity index is 468. The minimum Gasteiger partial charge on any atom is -0.496 e. The van der Waals surface area contributed by atoms with Crippen LogP contribution >= 0.6 is 0 Å². The molecule has 1 N–H and O–H groups in total. The van der Waals surface area contributed by atoms with Gasteiger partial charge in [0.1, 0.15) is 5.75 Å². The maximum Gasteiger partial charge on any atom is 0.257 e. The van der Waals surface area contributed by atoms with Crippen LogP contribution in [0.5, 0.6) is 5.75 Å². The normalized spacial score (nSPS) is 18.6. The molecule has 1 atom stereocenters. The van der Waals surface area contributed by atoms with Crippen LogP contribution in [0.4, 0.5) is 0 Å². The number of carbonyl (C=O) groups is 1. The Kier molecular flexibility index (Phi) is 5.01. The Labute approximate surface area is 121 Å². The van der Waals surface area contributed by atoms with Gasteiger partial charge in [0.15, 0.2) is 0 Å². The Balaban J connectivity index is 2.25. The lowest BCUT2D eigenvalue weighted by Gasteiger charge is -2.34. The maximum atomic E-state index is 12.8. The molecule has 2 rings (SSSR count). The number of hydrogen-bond donors (Lipinski definition) is 1. The number of nitrogens with zero attached hydrogens (tertiary/aromatic N) is 1. The van der Waals surface area contributed by atoms with Gasteiger partial charge in [-0.15, -0.1) is 0 Å². The molecular weight excluding hydrogens is 252 g/mol. The van der Waals surface area contributed by atoms with Crippen molar-refractivity contribution in [1.29, 1.82) is 0 Å². The lowest BCUT2D eigenvalue weighted by atomic mass is 10.0. The van der Waals surface area contributed by atoms with E-state index >= 15 is 0 Å². The lowest BCUT2D eigenvalue weighted by Crippen LogP contribution is -2.48. The summed E-state index contributed by atoms with van der Waals surface area (Å²) in [5.74, 6) is 0.726. The highest BCUT2D eigenvalue weighted by atomic mass is 16.5. The molecule has 110 valence electrons. The molecule has 20 heavy (non-hydrogen) atoms. The number of ether oxygens (including phenoxy) is 1. The summed E-state index contributed by atoms with van der Waals surface area (Å²) in [6.07, 6.45) is 2.19. The third kappa shape index (κ3) is 3.12. The zero-order chi connectivity index (χ0) is 14.5. The van der Waals surface area contributed by atoms with Gasteiger partial charge in [0.2, 0.25) is 0 Å². The van der Waals surface area contributed by atoms with Crippen LogP contribution in [0.15, 0.2) is 18.2 Å². The van der Waals surface area contributed by atoms with Crippen LogP contribution < -0.4 is 10.1 Å². The van der Waals surface area contributed by atoms with Crippen molar-refractivity contribution in [3.8, 4) is 5.75 Å². The van der Waals surface area contributed by atoms with Crippen LogP contribution in [0.25, 0.3) is 0 Å². The molecule has 0 spiro atoms. The van der Waals surface area contributed by atoms with E-state index in [2.05, 4.69) is 5.32 Å². The monoisotopic (exact) mass is 276 g/mol. The molecule has 0 bridgehead atoms. The summed E-state index contributed by atoms with van der Waals surface area (Å²) < 4.78 is 5.34. The fourth-order valence-corrected chi connectivity index (χ4v) is 2.81. The van der Waals surface area contributed by atoms with Crippen molar-refractivity contribution in [1.82, 2.24) is 10.2 Å². The predicted octanol–water partition coefficient (Wildman–Crippen LogP) is 2.22. The van der Waals surface area contributed by atoms with Gasteiger partial charge < -0.3 is 15.0 Å². The van der Waals surface area contributed by atoms with Gasteiger partial charge in [-0.25, -0.2) is 0 Å². The average Bonchev–Trinajstić information content (AvgIpc) is 2.49. The molecule has 1 unspecified atom stereocenters. The molecule has 4 heteroatoms. The van der Waals surface area contributed by atoms with Gasteiger partial charge in [0.05, 0.1) is 12.7 Å². The summed E-state index contributed by atoms with van der Waals surface area (Å²) in [5, 5.41) is 3.37. The molecule has 4 nitrogen and oxygen atoms in total. The van der Waals surface area contributed by atoms with Gasteiger partial charge in [-0.3, -0.25) is 4.79 Å². The third-order valence-electron chi connectivity index (χ3n) is 3.90. The van der Waals surface area contributed by atoms with Crippen molar-refractivity contribution in [3.05, 3.63) is 29.3 Å². The molecule has 1 fully saturated rings. The van der Waals surface area contributed by atoms with Crippen molar-refractivity contribution in [2.45, 2.75) is 32.7 Å². The smallest absolute Gasteiger partial charge is 0.257 e. The molecule has 1 heterocycles. The minimum atomic E-state index is 0.0711. The quantitative estimate of drug-likeness (QED) is 0.917. The second-order valence-electron chi connectivity index (χ2n) is 5.30. The van der Waals surface area contributed by atoms with E-state index in [-0.39, 0.29) is 11.9 Å². The zero-order valence-electron chi connectivity index (χ0n) is 12.6. The fraction of sp³-hybridized carbons (Fsp3) is 0.562. The molecule has 0 aromatic heterocycles. The lowest BCUT2D eigenvalue weighted by molar-refractivity contribution is 0.0658. The highest BCUT2D eigenvalue weighted by Crippen LogP contribution is 2.23. The summed E-state index contributed by atoms with van der Waals surface area (Å²) in [4.78, 5) is 14.8. The van der Waals surface area contributed by atoms with E-state index in [0.29, 0.717) is 11.3 Å². The van der Waals surface area contributed by atoms with Crippen LogP contribution in [-0.2, 0) is 0 Å². The van der Waals surface area contributed by atoms with Crippen molar-refractivity contribution >= 4 is 5.91 Å². The number of piperidine rings is 1. The van der Waals surface area contributed by atoms with Gasteiger partial charge in [-0.05, 0) is 45.4 Å². The molecule has 1 aliphatic rings. The number of likely N-dealkylation sites (N-methyl/N-ethyl adjacent to an activating group) is 1. The summed E-state index contributed by atoms with van der Waals surface area (Å²) in [6, 6.07) is 6.04. The minimum absolute atomic E-state index is 0.0711. The SMILES string of the molecule is CCN(C(=O)c1cc(C)ccc1OC)C1CCCNC1. The number of carbonyl (C=O) groups excluding carboxylic acids is 1. The molecular formula is C16H24N2O2. The van der Waals surface area contributed by atoms with Gasteiger partial charge in [0, 0.05) is 19.1 Å². The molecule has 0 saturated carbocycles. The first kappa shape index (κ1) is 14.9. The first-order valence-electron chi connectivity index (χ1n) is 7.33. The average molecular weight is 276 g/mol. The van der Waals surface area contributed by atoms with Crippen molar-refractivity contribution in [2.75, 3.05) is 26.7 Å². The fourth-order valence-electron chi connectivity index (χ4n) is 2.81. The van der Waals surface area contributed by atoms with E-state index in [9.17, 15) is 4.79 Å². The zero-order valence-corrected chi connectivity index (χ0v) is 12.6. The number of rotatable bonds is 4. The van der Waals surface area contributed by atoms with Crippen LogP contribution in [-0.4, -0.2) is 43.6 Å². The highest BCUT2D eigenvalue weighted by molar-refractivity contribution is 5.97. The third-order valence-corrected chi connectivity index (χ3v) is 3.90. The topological polar surface area (TPSA) is 41.6 Å². The van der Waals surface area contributed by atoms with Crippen LogP contribution in [0.2, 0.25) is 0 Å². The summed E-state index contributed by atoms with van der Waals surface area (Å²) in [5.41, 5.74) is 1.74. The standard InChI is InChI=1S/C16H24N2O2/c1-4-18(13-6-5-9-17-11-13)16(19)14-10-12(2)7-8-15(14)20-3/h7-8,10,13,17H,4-6,9,11H2,1-3H3. The molecule has 1 saturated heterocycles. The summed E-state index contributed by atoms with van der Waals surface area (Å²) >= 11 is 0. The van der Waals surface area contributed by atoms with Crippen LogP contribution in [0.3, 0.4) is 0 Å². The number of nitrogens with one attached hydrogen (secondary N) is 1. The van der Waals surface area contributed by atoms with E-state index in [4.69, 9.17) is 4.74 Å². The van der Waals surface area contributed by atoms with Gasteiger partial charge in [-0.1, -0.05) is 11.6 Å². The number of aryl methyl sites for hydroxylation is 1. The Hall–Kier alpha value is -1.55. The first-order valence-corrected chi connectivity index (χ1v) is 7.33. The first-order chi connectivity index (χ1) is 9.67. The second-order valence-corrected chi connectivity index (χ2v) is 5.30.